The summed E-state index contributed by atoms with van der Waals surface area (Å²) >= 11 is 0. The largest absolute Gasteiger partial charge is 0.339 e. The van der Waals surface area contributed by atoms with E-state index >= 15 is 0 Å². The molecule has 1 aromatic carbocycles. The molecule has 6 heteroatoms. The first-order valence-electron chi connectivity index (χ1n) is 6.68. The summed E-state index contributed by atoms with van der Waals surface area (Å²) < 4.78 is 27.1. The van der Waals surface area contributed by atoms with Gasteiger partial charge < -0.3 is 10.2 Å². The van der Waals surface area contributed by atoms with E-state index in [1.807, 2.05) is 0 Å². The number of carbonyl (C=O) groups excluding carboxylic acids is 1. The van der Waals surface area contributed by atoms with Gasteiger partial charge in [0.2, 0.25) is 5.91 Å². The van der Waals surface area contributed by atoms with Gasteiger partial charge in [-0.3, -0.25) is 9.69 Å². The smallest absolute Gasteiger partial charge is 0.236 e. The third kappa shape index (κ3) is 3.74. The number of hydrogen-bond donors (Lipinski definition) is 1. The number of nitrogens with zero attached hydrogens (tertiary/aromatic N) is 2. The Kier molecular flexibility index (Phi) is 5.03. The zero-order chi connectivity index (χ0) is 14.5. The van der Waals surface area contributed by atoms with Crippen molar-refractivity contribution in [1.82, 2.24) is 15.1 Å². The maximum absolute atomic E-state index is 13.5. The Bertz CT molecular complexity index is 455. The first-order chi connectivity index (χ1) is 9.58. The summed E-state index contributed by atoms with van der Waals surface area (Å²) in [5.41, 5.74) is 0.00288. The van der Waals surface area contributed by atoms with Crippen molar-refractivity contribution in [2.45, 2.75) is 6.54 Å². The lowest BCUT2D eigenvalue weighted by Gasteiger charge is -2.29. The predicted octanol–water partition coefficient (Wildman–Crippen LogP) is 0.828. The van der Waals surface area contributed by atoms with Gasteiger partial charge in [-0.1, -0.05) is 6.07 Å². The van der Waals surface area contributed by atoms with Gasteiger partial charge in [-0.15, -0.1) is 0 Å². The molecule has 0 bridgehead atoms. The number of nitrogens with one attached hydrogen (secondary N) is 1. The van der Waals surface area contributed by atoms with Gasteiger partial charge in [0.15, 0.2) is 0 Å². The van der Waals surface area contributed by atoms with Crippen molar-refractivity contribution in [3.05, 3.63) is 35.4 Å². The second-order valence-corrected chi connectivity index (χ2v) is 5.00. The highest BCUT2D eigenvalue weighted by molar-refractivity contribution is 5.78. The standard InChI is InChI=1S/C14H19F2N3O/c1-18(9-11-12(15)3-2-4-13(11)16)10-14(20)19-7-5-17-6-8-19/h2-4,17H,5-10H2,1H3. The topological polar surface area (TPSA) is 35.6 Å². The SMILES string of the molecule is CN(CC(=O)N1CCNCC1)Cc1c(F)cccc1F. The summed E-state index contributed by atoms with van der Waals surface area (Å²) in [6.07, 6.45) is 0. The van der Waals surface area contributed by atoms with Crippen LogP contribution in [0.3, 0.4) is 0 Å². The zero-order valence-corrected chi connectivity index (χ0v) is 11.5. The van der Waals surface area contributed by atoms with Crippen molar-refractivity contribution < 1.29 is 13.6 Å². The lowest BCUT2D eigenvalue weighted by molar-refractivity contribution is -0.132. The maximum Gasteiger partial charge on any atom is 0.236 e. The Morgan fingerprint density at radius 1 is 1.30 bits per heavy atom. The van der Waals surface area contributed by atoms with Crippen LogP contribution in [0.1, 0.15) is 5.56 Å². The monoisotopic (exact) mass is 283 g/mol. The molecule has 1 aliphatic rings. The minimum Gasteiger partial charge on any atom is -0.339 e. The van der Waals surface area contributed by atoms with E-state index in [1.54, 1.807) is 16.8 Å². The van der Waals surface area contributed by atoms with Gasteiger partial charge in [-0.05, 0) is 19.2 Å². The van der Waals surface area contributed by atoms with Crippen molar-refractivity contribution in [2.24, 2.45) is 0 Å². The molecule has 1 fully saturated rings. The molecule has 1 N–H and O–H groups in total. The van der Waals surface area contributed by atoms with E-state index in [9.17, 15) is 13.6 Å². The highest BCUT2D eigenvalue weighted by Crippen LogP contribution is 2.14. The third-order valence-electron chi connectivity index (χ3n) is 3.36. The minimum atomic E-state index is -0.577. The van der Waals surface area contributed by atoms with Crippen LogP contribution in [-0.2, 0) is 11.3 Å². The molecular weight excluding hydrogens is 264 g/mol. The Labute approximate surface area is 117 Å². The van der Waals surface area contributed by atoms with Crippen LogP contribution in [-0.4, -0.2) is 55.5 Å². The molecule has 0 radical (unpaired) electrons. The summed E-state index contributed by atoms with van der Waals surface area (Å²) in [7, 11) is 1.69. The van der Waals surface area contributed by atoms with Crippen molar-refractivity contribution >= 4 is 5.91 Å². The molecule has 1 aliphatic heterocycles. The fraction of sp³-hybridized carbons (Fsp3) is 0.500. The van der Waals surface area contributed by atoms with Crippen LogP contribution in [0, 0.1) is 11.6 Å². The highest BCUT2D eigenvalue weighted by Gasteiger charge is 2.19. The highest BCUT2D eigenvalue weighted by atomic mass is 19.1. The van der Waals surface area contributed by atoms with Gasteiger partial charge in [0, 0.05) is 38.3 Å². The maximum atomic E-state index is 13.5. The Hall–Kier alpha value is -1.53. The molecule has 0 saturated carbocycles. The number of rotatable bonds is 4. The number of likely N-dealkylation sites (N-methyl/N-ethyl adjacent to an activating group) is 1. The van der Waals surface area contributed by atoms with Gasteiger partial charge in [-0.2, -0.15) is 0 Å². The summed E-state index contributed by atoms with van der Waals surface area (Å²) in [6, 6.07) is 3.79. The molecule has 0 unspecified atom stereocenters. The summed E-state index contributed by atoms with van der Waals surface area (Å²) in [6.45, 7) is 3.18. The number of amides is 1. The second-order valence-electron chi connectivity index (χ2n) is 5.00. The van der Waals surface area contributed by atoms with Crippen LogP contribution in [0.15, 0.2) is 18.2 Å². The molecule has 1 aromatic rings. The van der Waals surface area contributed by atoms with E-state index in [-0.39, 0.29) is 24.6 Å². The third-order valence-corrected chi connectivity index (χ3v) is 3.36. The van der Waals surface area contributed by atoms with E-state index in [2.05, 4.69) is 5.32 Å². The van der Waals surface area contributed by atoms with E-state index in [1.165, 1.54) is 18.2 Å². The Balaban J connectivity index is 1.91. The molecule has 0 aromatic heterocycles. The van der Waals surface area contributed by atoms with Crippen molar-refractivity contribution in [1.29, 1.82) is 0 Å². The fourth-order valence-corrected chi connectivity index (χ4v) is 2.25. The lowest BCUT2D eigenvalue weighted by Crippen LogP contribution is -2.49. The van der Waals surface area contributed by atoms with E-state index in [0.29, 0.717) is 13.1 Å². The lowest BCUT2D eigenvalue weighted by atomic mass is 10.2. The minimum absolute atomic E-state index is 0.00288. The molecule has 1 heterocycles. The van der Waals surface area contributed by atoms with Gasteiger partial charge >= 0.3 is 0 Å². The fourth-order valence-electron chi connectivity index (χ4n) is 2.25. The Morgan fingerprint density at radius 3 is 2.50 bits per heavy atom. The van der Waals surface area contributed by atoms with Crippen LogP contribution in [0.25, 0.3) is 0 Å². The number of carbonyl (C=O) groups is 1. The number of benzene rings is 1. The average Bonchev–Trinajstić information content (AvgIpc) is 2.44. The van der Waals surface area contributed by atoms with Gasteiger partial charge in [0.05, 0.1) is 6.54 Å². The van der Waals surface area contributed by atoms with E-state index in [4.69, 9.17) is 0 Å². The van der Waals surface area contributed by atoms with Crippen LogP contribution in [0.2, 0.25) is 0 Å². The second kappa shape index (κ2) is 6.76. The van der Waals surface area contributed by atoms with Crippen molar-refractivity contribution in [2.75, 3.05) is 39.8 Å². The summed E-state index contributed by atoms with van der Waals surface area (Å²) in [5.74, 6) is -1.16. The normalized spacial score (nSPS) is 15.7. The van der Waals surface area contributed by atoms with Crippen LogP contribution >= 0.6 is 0 Å². The molecular formula is C14H19F2N3O. The molecule has 2 rings (SSSR count). The van der Waals surface area contributed by atoms with E-state index in [0.717, 1.165) is 13.1 Å². The van der Waals surface area contributed by atoms with Crippen LogP contribution < -0.4 is 5.32 Å². The summed E-state index contributed by atoms with van der Waals surface area (Å²) in [4.78, 5) is 15.4. The predicted molar refractivity (Wildman–Crippen MR) is 72.1 cm³/mol. The first kappa shape index (κ1) is 14.9. The van der Waals surface area contributed by atoms with Gasteiger partial charge in [0.1, 0.15) is 11.6 Å². The van der Waals surface area contributed by atoms with Crippen LogP contribution in [0.4, 0.5) is 8.78 Å². The van der Waals surface area contributed by atoms with Crippen molar-refractivity contribution in [3.63, 3.8) is 0 Å². The molecule has 1 amide bonds. The van der Waals surface area contributed by atoms with E-state index < -0.39 is 11.6 Å². The Morgan fingerprint density at radius 2 is 1.90 bits per heavy atom. The molecule has 0 atom stereocenters. The zero-order valence-electron chi connectivity index (χ0n) is 11.5. The quantitative estimate of drug-likeness (QED) is 0.889. The number of hydrogen-bond acceptors (Lipinski definition) is 3. The van der Waals surface area contributed by atoms with Crippen LogP contribution in [0.5, 0.6) is 0 Å². The molecule has 110 valence electrons. The molecule has 4 nitrogen and oxygen atoms in total. The molecule has 0 spiro atoms. The molecule has 0 aliphatic carbocycles. The molecule has 1 saturated heterocycles. The van der Waals surface area contributed by atoms with Gasteiger partial charge in [0.25, 0.3) is 0 Å². The molecule has 20 heavy (non-hydrogen) atoms. The average molecular weight is 283 g/mol. The first-order valence-corrected chi connectivity index (χ1v) is 6.68. The summed E-state index contributed by atoms with van der Waals surface area (Å²) in [5, 5.41) is 3.17. The van der Waals surface area contributed by atoms with Gasteiger partial charge in [-0.25, -0.2) is 8.78 Å². The number of piperazine rings is 1. The number of halogens is 2. The van der Waals surface area contributed by atoms with Crippen molar-refractivity contribution in [3.8, 4) is 0 Å².